The van der Waals surface area contributed by atoms with Crippen molar-refractivity contribution in [1.82, 2.24) is 9.91 Å². The molecule has 9 nitrogen and oxygen atoms in total. The molecule has 1 saturated heterocycles. The number of hydrogen-bond acceptors (Lipinski definition) is 6. The first-order valence-electron chi connectivity index (χ1n) is 5.51. The molecule has 0 spiro atoms. The van der Waals surface area contributed by atoms with Gasteiger partial charge in [0.1, 0.15) is 0 Å². The number of amides is 2. The number of nitrogens with zero attached hydrogens (tertiary/aromatic N) is 4. The Hall–Kier alpha value is -1.90. The Morgan fingerprint density at radius 3 is 2.67 bits per heavy atom. The van der Waals surface area contributed by atoms with Gasteiger partial charge in [0.15, 0.2) is 0 Å². The Balaban J connectivity index is 2.35. The Kier molecular flexibility index (Phi) is 5.31. The van der Waals surface area contributed by atoms with Crippen molar-refractivity contribution in [1.29, 1.82) is 0 Å². The first-order valence-corrected chi connectivity index (χ1v) is 5.51. The Morgan fingerprint density at radius 1 is 1.50 bits per heavy atom. The number of hydrazine groups is 1. The Bertz CT molecular complexity index is 330. The molecule has 0 aromatic carbocycles. The van der Waals surface area contributed by atoms with E-state index in [0.29, 0.717) is 13.0 Å². The lowest BCUT2D eigenvalue weighted by atomic mass is 10.4. The zero-order valence-corrected chi connectivity index (χ0v) is 10.1. The molecule has 0 atom stereocenters. The minimum atomic E-state index is -0.357. The first-order chi connectivity index (χ1) is 8.56. The predicted octanol–water partition coefficient (Wildman–Crippen LogP) is -0.784. The molecule has 18 heavy (non-hydrogen) atoms. The van der Waals surface area contributed by atoms with Crippen LogP contribution in [0.4, 0.5) is 0 Å². The largest absolute Gasteiger partial charge is 0.569 e. The van der Waals surface area contributed by atoms with Crippen molar-refractivity contribution >= 4 is 11.8 Å². The van der Waals surface area contributed by atoms with Gasteiger partial charge in [-0.2, -0.15) is 0 Å². The monoisotopic (exact) mass is 260 g/mol. The molecule has 1 N–H and O–H groups in total. The first kappa shape index (κ1) is 14.2. The average molecular weight is 260 g/mol. The minimum absolute atomic E-state index is 0.0319. The lowest BCUT2D eigenvalue weighted by Crippen LogP contribution is -2.32. The minimum Gasteiger partial charge on any atom is -0.569 e. The van der Waals surface area contributed by atoms with Crippen LogP contribution in [0.2, 0.25) is 0 Å². The Labute approximate surface area is 104 Å². The molecule has 0 bridgehead atoms. The van der Waals surface area contributed by atoms with Crippen LogP contribution >= 0.6 is 0 Å². The van der Waals surface area contributed by atoms with Crippen molar-refractivity contribution in [3.63, 3.8) is 0 Å². The SMILES string of the molecule is CN(CCCO)/[N+]([O-])=N\OCN1C(=O)CCC1=O. The second-order valence-corrected chi connectivity index (χ2v) is 3.77. The maximum atomic E-state index is 11.3. The third-order valence-corrected chi connectivity index (χ3v) is 2.40. The van der Waals surface area contributed by atoms with Crippen LogP contribution in [-0.2, 0) is 14.4 Å². The van der Waals surface area contributed by atoms with Gasteiger partial charge < -0.3 is 15.2 Å². The van der Waals surface area contributed by atoms with Gasteiger partial charge >= 0.3 is 0 Å². The summed E-state index contributed by atoms with van der Waals surface area (Å²) < 4.78 is 0. The van der Waals surface area contributed by atoms with E-state index in [9.17, 15) is 14.8 Å². The van der Waals surface area contributed by atoms with Crippen molar-refractivity contribution in [2.24, 2.45) is 5.28 Å². The van der Waals surface area contributed by atoms with E-state index in [0.717, 1.165) is 4.90 Å². The molecule has 1 aliphatic rings. The zero-order chi connectivity index (χ0) is 13.5. The van der Waals surface area contributed by atoms with Crippen LogP contribution in [0.3, 0.4) is 0 Å². The highest BCUT2D eigenvalue weighted by Gasteiger charge is 2.29. The number of imide groups is 1. The van der Waals surface area contributed by atoms with Crippen molar-refractivity contribution in [3.8, 4) is 0 Å². The van der Waals surface area contributed by atoms with E-state index in [1.165, 1.54) is 12.1 Å². The maximum absolute atomic E-state index is 11.3. The van der Waals surface area contributed by atoms with E-state index in [2.05, 4.69) is 10.1 Å². The van der Waals surface area contributed by atoms with Crippen LogP contribution < -0.4 is 0 Å². The summed E-state index contributed by atoms with van der Waals surface area (Å²) in [4.78, 5) is 28.1. The van der Waals surface area contributed by atoms with Gasteiger partial charge in [-0.25, -0.2) is 4.90 Å². The third-order valence-electron chi connectivity index (χ3n) is 2.40. The maximum Gasteiger partial charge on any atom is 0.235 e. The number of aliphatic hydroxyl groups is 1. The standard InChI is InChI=1S/C9H16N4O5/c1-11(5-2-6-14)13(17)10-18-7-12-8(15)3-4-9(12)16/h14H,2-7H2,1H3/b13-10+. The summed E-state index contributed by atoms with van der Waals surface area (Å²) in [5.74, 6) is -0.664. The summed E-state index contributed by atoms with van der Waals surface area (Å²) in [5.41, 5.74) is 0. The fourth-order valence-electron chi connectivity index (χ4n) is 1.35. The molecule has 2 amide bonds. The highest BCUT2D eigenvalue weighted by atomic mass is 16.7. The molecular weight excluding hydrogens is 244 g/mol. The summed E-state index contributed by atoms with van der Waals surface area (Å²) >= 11 is 0. The number of carbonyl (C=O) groups is 2. The van der Waals surface area contributed by atoms with E-state index in [1.54, 1.807) is 0 Å². The van der Waals surface area contributed by atoms with Gasteiger partial charge in [-0.05, 0) is 6.42 Å². The lowest BCUT2D eigenvalue weighted by Gasteiger charge is -2.13. The number of rotatable bonds is 7. The number of likely N-dealkylation sites (tertiary alicyclic amines) is 1. The van der Waals surface area contributed by atoms with E-state index >= 15 is 0 Å². The molecule has 1 fully saturated rings. The quantitative estimate of drug-likeness (QED) is 0.278. The summed E-state index contributed by atoms with van der Waals surface area (Å²) in [7, 11) is 1.47. The number of hydrogen-bond donors (Lipinski definition) is 1. The normalized spacial score (nSPS) is 16.3. The number of aliphatic hydroxyl groups excluding tert-OH is 1. The summed E-state index contributed by atoms with van der Waals surface area (Å²) in [5, 5.41) is 24.2. The van der Waals surface area contributed by atoms with Gasteiger partial charge in [-0.15, -0.1) is 5.01 Å². The van der Waals surface area contributed by atoms with Gasteiger partial charge in [-0.3, -0.25) is 9.59 Å². The molecule has 0 aliphatic carbocycles. The fraction of sp³-hybridized carbons (Fsp3) is 0.778. The molecule has 0 unspecified atom stereocenters. The Morgan fingerprint density at radius 2 is 2.11 bits per heavy atom. The van der Waals surface area contributed by atoms with Gasteiger partial charge in [0.25, 0.3) is 0 Å². The van der Waals surface area contributed by atoms with Crippen molar-refractivity contribution in [2.45, 2.75) is 19.3 Å². The summed E-state index contributed by atoms with van der Waals surface area (Å²) in [6, 6.07) is 0. The predicted molar refractivity (Wildman–Crippen MR) is 57.4 cm³/mol. The van der Waals surface area contributed by atoms with Gasteiger partial charge in [-0.1, -0.05) is 0 Å². The zero-order valence-electron chi connectivity index (χ0n) is 10.1. The van der Waals surface area contributed by atoms with E-state index in [1.807, 2.05) is 0 Å². The van der Waals surface area contributed by atoms with Gasteiger partial charge in [0.2, 0.25) is 23.8 Å². The molecule has 0 saturated carbocycles. The van der Waals surface area contributed by atoms with Crippen molar-refractivity contribution in [3.05, 3.63) is 5.21 Å². The van der Waals surface area contributed by atoms with E-state index in [4.69, 9.17) is 5.11 Å². The third kappa shape index (κ3) is 3.84. The molecule has 1 rings (SSSR count). The summed E-state index contributed by atoms with van der Waals surface area (Å²) in [6.07, 6.45) is 0.757. The summed E-state index contributed by atoms with van der Waals surface area (Å²) in [6.45, 7) is -0.0749. The molecule has 102 valence electrons. The van der Waals surface area contributed by atoms with Crippen molar-refractivity contribution < 1.29 is 24.5 Å². The molecule has 1 aliphatic heterocycles. The molecular formula is C9H16N4O5. The second kappa shape index (κ2) is 6.74. The van der Waals surface area contributed by atoms with Crippen LogP contribution in [0.15, 0.2) is 5.28 Å². The van der Waals surface area contributed by atoms with Crippen LogP contribution in [0, 0.1) is 5.21 Å². The fourth-order valence-corrected chi connectivity index (χ4v) is 1.35. The second-order valence-electron chi connectivity index (χ2n) is 3.77. The van der Waals surface area contributed by atoms with Crippen LogP contribution in [-0.4, -0.2) is 58.7 Å². The van der Waals surface area contributed by atoms with Crippen molar-refractivity contribution in [2.75, 3.05) is 26.9 Å². The van der Waals surface area contributed by atoms with Crippen LogP contribution in [0.1, 0.15) is 19.3 Å². The number of carbonyl (C=O) groups excluding carboxylic acids is 2. The molecule has 0 aromatic heterocycles. The smallest absolute Gasteiger partial charge is 0.235 e. The highest BCUT2D eigenvalue weighted by Crippen LogP contribution is 2.11. The van der Waals surface area contributed by atoms with E-state index in [-0.39, 0.29) is 43.0 Å². The topological polar surface area (TPSA) is 109 Å². The molecule has 1 heterocycles. The van der Waals surface area contributed by atoms with Crippen LogP contribution in [0.5, 0.6) is 0 Å². The molecule has 0 aromatic rings. The van der Waals surface area contributed by atoms with E-state index < -0.39 is 0 Å². The van der Waals surface area contributed by atoms with Gasteiger partial charge in [0, 0.05) is 19.4 Å². The molecule has 0 radical (unpaired) electrons. The van der Waals surface area contributed by atoms with Gasteiger partial charge in [0.05, 0.1) is 18.6 Å². The average Bonchev–Trinajstić information content (AvgIpc) is 2.67. The molecule has 9 heteroatoms. The lowest BCUT2D eigenvalue weighted by molar-refractivity contribution is -0.705. The van der Waals surface area contributed by atoms with Crippen LogP contribution in [0.25, 0.3) is 0 Å². The highest BCUT2D eigenvalue weighted by molar-refractivity contribution is 6.01.